The molecule has 0 saturated carbocycles. The van der Waals surface area contributed by atoms with Crippen LogP contribution in [0.3, 0.4) is 0 Å². The highest BCUT2D eigenvalue weighted by Crippen LogP contribution is 2.34. The average Bonchev–Trinajstić information content (AvgIpc) is 2.48. The number of hydrogen-bond acceptors (Lipinski definition) is 2. The van der Waals surface area contributed by atoms with Gasteiger partial charge in [0.1, 0.15) is 5.75 Å². The van der Waals surface area contributed by atoms with Gasteiger partial charge in [0.05, 0.1) is 13.2 Å². The van der Waals surface area contributed by atoms with Crippen LogP contribution in [0.5, 0.6) is 5.75 Å². The first-order chi connectivity index (χ1) is 10.1. The molecule has 1 atom stereocenters. The van der Waals surface area contributed by atoms with Gasteiger partial charge in [-0.1, -0.05) is 31.2 Å². The van der Waals surface area contributed by atoms with Crippen molar-refractivity contribution in [2.75, 3.05) is 13.7 Å². The summed E-state index contributed by atoms with van der Waals surface area (Å²) in [5, 5.41) is 3.58. The highest BCUT2D eigenvalue weighted by molar-refractivity contribution is 14.1. The molecule has 0 aliphatic rings. The van der Waals surface area contributed by atoms with Crippen LogP contribution < -0.4 is 10.1 Å². The molecule has 0 aliphatic heterocycles. The van der Waals surface area contributed by atoms with Crippen molar-refractivity contribution in [3.8, 4) is 5.75 Å². The highest BCUT2D eigenvalue weighted by Gasteiger charge is 2.19. The maximum atomic E-state index is 5.69. The van der Waals surface area contributed by atoms with Crippen molar-refractivity contribution in [1.29, 1.82) is 0 Å². The second kappa shape index (κ2) is 7.27. The number of methoxy groups -OCH3 is 1. The quantitative estimate of drug-likeness (QED) is 0.747. The molecular formula is C18H22INO. The van der Waals surface area contributed by atoms with E-state index in [0.717, 1.165) is 12.3 Å². The lowest BCUT2D eigenvalue weighted by Crippen LogP contribution is -2.23. The van der Waals surface area contributed by atoms with Gasteiger partial charge in [-0.15, -0.1) is 0 Å². The Kier molecular flexibility index (Phi) is 5.65. The minimum Gasteiger partial charge on any atom is -0.496 e. The van der Waals surface area contributed by atoms with Crippen molar-refractivity contribution < 1.29 is 4.74 Å². The molecule has 0 radical (unpaired) electrons. The van der Waals surface area contributed by atoms with Gasteiger partial charge in [0.15, 0.2) is 0 Å². The Morgan fingerprint density at radius 1 is 1.19 bits per heavy atom. The first-order valence-electron chi connectivity index (χ1n) is 7.21. The molecule has 0 spiro atoms. The van der Waals surface area contributed by atoms with E-state index >= 15 is 0 Å². The summed E-state index contributed by atoms with van der Waals surface area (Å²) in [6, 6.07) is 13.1. The molecule has 0 aromatic heterocycles. The number of ether oxygens (including phenoxy) is 1. The number of hydrogen-bond donors (Lipinski definition) is 1. The van der Waals surface area contributed by atoms with E-state index < -0.39 is 0 Å². The lowest BCUT2D eigenvalue weighted by Gasteiger charge is -2.23. The topological polar surface area (TPSA) is 21.3 Å². The second-order valence-corrected chi connectivity index (χ2v) is 6.42. The third-order valence-corrected chi connectivity index (χ3v) is 4.48. The summed E-state index contributed by atoms with van der Waals surface area (Å²) in [5.74, 6) is 0.986. The number of rotatable bonds is 5. The average molecular weight is 395 g/mol. The van der Waals surface area contributed by atoms with Gasteiger partial charge in [-0.05, 0) is 71.8 Å². The fourth-order valence-electron chi connectivity index (χ4n) is 2.61. The van der Waals surface area contributed by atoms with Crippen LogP contribution in [0, 0.1) is 17.4 Å². The lowest BCUT2D eigenvalue weighted by atomic mass is 9.94. The van der Waals surface area contributed by atoms with Gasteiger partial charge in [-0.3, -0.25) is 0 Å². The molecule has 3 heteroatoms. The van der Waals surface area contributed by atoms with Crippen LogP contribution >= 0.6 is 22.6 Å². The van der Waals surface area contributed by atoms with Crippen molar-refractivity contribution >= 4 is 22.6 Å². The molecule has 0 bridgehead atoms. The van der Waals surface area contributed by atoms with Crippen molar-refractivity contribution in [2.24, 2.45) is 0 Å². The molecule has 1 N–H and O–H groups in total. The van der Waals surface area contributed by atoms with E-state index in [9.17, 15) is 0 Å². The third kappa shape index (κ3) is 3.58. The van der Waals surface area contributed by atoms with Crippen molar-refractivity contribution in [1.82, 2.24) is 5.32 Å². The maximum Gasteiger partial charge on any atom is 0.127 e. The summed E-state index contributed by atoms with van der Waals surface area (Å²) in [5.41, 5.74) is 4.94. The van der Waals surface area contributed by atoms with Crippen LogP contribution in [-0.2, 0) is 0 Å². The zero-order valence-corrected chi connectivity index (χ0v) is 15.2. The summed E-state index contributed by atoms with van der Waals surface area (Å²) >= 11 is 2.36. The van der Waals surface area contributed by atoms with Gasteiger partial charge in [-0.2, -0.15) is 0 Å². The van der Waals surface area contributed by atoms with E-state index in [1.165, 1.54) is 25.8 Å². The second-order valence-electron chi connectivity index (χ2n) is 5.18. The molecule has 21 heavy (non-hydrogen) atoms. The molecule has 2 rings (SSSR count). The van der Waals surface area contributed by atoms with E-state index in [2.05, 4.69) is 85.1 Å². The van der Waals surface area contributed by atoms with E-state index in [1.807, 2.05) is 0 Å². The van der Waals surface area contributed by atoms with Crippen molar-refractivity contribution in [3.05, 3.63) is 62.2 Å². The Balaban J connectivity index is 2.55. The molecule has 0 saturated heterocycles. The number of aryl methyl sites for hydroxylation is 1. The van der Waals surface area contributed by atoms with Crippen LogP contribution in [0.15, 0.2) is 36.4 Å². The Labute approximate surface area is 141 Å². The van der Waals surface area contributed by atoms with E-state index in [4.69, 9.17) is 4.74 Å². The number of halogens is 1. The summed E-state index contributed by atoms with van der Waals surface area (Å²) in [4.78, 5) is 0. The van der Waals surface area contributed by atoms with Gasteiger partial charge < -0.3 is 10.1 Å². The van der Waals surface area contributed by atoms with E-state index in [1.54, 1.807) is 7.11 Å². The fourth-order valence-corrected chi connectivity index (χ4v) is 3.17. The first-order valence-corrected chi connectivity index (χ1v) is 8.29. The van der Waals surface area contributed by atoms with Gasteiger partial charge in [0.25, 0.3) is 0 Å². The molecule has 2 nitrogen and oxygen atoms in total. The summed E-state index contributed by atoms with van der Waals surface area (Å²) in [6.07, 6.45) is 0. The Morgan fingerprint density at radius 3 is 2.57 bits per heavy atom. The molecule has 112 valence electrons. The predicted octanol–water partition coefficient (Wildman–Crippen LogP) is 4.62. The Morgan fingerprint density at radius 2 is 1.95 bits per heavy atom. The van der Waals surface area contributed by atoms with Crippen LogP contribution in [-0.4, -0.2) is 13.7 Å². The van der Waals surface area contributed by atoms with Crippen molar-refractivity contribution in [2.45, 2.75) is 26.8 Å². The van der Waals surface area contributed by atoms with Gasteiger partial charge in [0.2, 0.25) is 0 Å². The zero-order valence-electron chi connectivity index (χ0n) is 13.0. The van der Waals surface area contributed by atoms with Crippen LogP contribution in [0.1, 0.15) is 35.2 Å². The summed E-state index contributed by atoms with van der Waals surface area (Å²) < 4.78 is 6.94. The lowest BCUT2D eigenvalue weighted by molar-refractivity contribution is 0.401. The largest absolute Gasteiger partial charge is 0.496 e. The van der Waals surface area contributed by atoms with E-state index in [0.29, 0.717) is 0 Å². The molecule has 1 unspecified atom stereocenters. The monoisotopic (exact) mass is 395 g/mol. The molecule has 0 heterocycles. The molecule has 2 aromatic rings. The number of benzene rings is 2. The smallest absolute Gasteiger partial charge is 0.127 e. The standard InChI is InChI=1S/C18H22INO/c1-5-20-17(14-7-6-8-15(19)11-14)16-10-9-12(2)13(3)18(16)21-4/h6-11,17,20H,5H2,1-4H3. The minimum absolute atomic E-state index is 0.152. The normalized spacial score (nSPS) is 12.2. The van der Waals surface area contributed by atoms with Gasteiger partial charge in [-0.25, -0.2) is 0 Å². The highest BCUT2D eigenvalue weighted by atomic mass is 127. The third-order valence-electron chi connectivity index (χ3n) is 3.81. The van der Waals surface area contributed by atoms with Crippen molar-refractivity contribution in [3.63, 3.8) is 0 Å². The molecular weight excluding hydrogens is 373 g/mol. The zero-order chi connectivity index (χ0) is 15.4. The van der Waals surface area contributed by atoms with Crippen LogP contribution in [0.25, 0.3) is 0 Å². The van der Waals surface area contributed by atoms with Crippen LogP contribution in [0.4, 0.5) is 0 Å². The Bertz CT molecular complexity index is 625. The van der Waals surface area contributed by atoms with Gasteiger partial charge >= 0.3 is 0 Å². The maximum absolute atomic E-state index is 5.69. The predicted molar refractivity (Wildman–Crippen MR) is 97.1 cm³/mol. The molecule has 0 amide bonds. The molecule has 0 fully saturated rings. The minimum atomic E-state index is 0.152. The summed E-state index contributed by atoms with van der Waals surface area (Å²) in [6.45, 7) is 7.28. The fraction of sp³-hybridized carbons (Fsp3) is 0.333. The van der Waals surface area contributed by atoms with E-state index in [-0.39, 0.29) is 6.04 Å². The molecule has 2 aromatic carbocycles. The van der Waals surface area contributed by atoms with Crippen LogP contribution in [0.2, 0.25) is 0 Å². The SMILES string of the molecule is CCNC(c1cccc(I)c1)c1ccc(C)c(C)c1OC. The Hall–Kier alpha value is -1.07. The first kappa shape index (κ1) is 16.3. The summed E-state index contributed by atoms with van der Waals surface area (Å²) in [7, 11) is 1.75. The molecule has 0 aliphatic carbocycles. The number of nitrogens with one attached hydrogen (secondary N) is 1. The van der Waals surface area contributed by atoms with Gasteiger partial charge in [0, 0.05) is 9.13 Å².